The number of nitrogens with zero attached hydrogens (tertiary/aromatic N) is 3. The van der Waals surface area contributed by atoms with E-state index in [2.05, 4.69) is 15.3 Å². The SMILES string of the molecule is NCC1(C(=O)N2CCN(Cc3cscn3)CC2)CCOCC1. The first-order valence-corrected chi connectivity index (χ1v) is 8.84. The normalized spacial score (nSPS) is 22.7. The average molecular weight is 324 g/mol. The fourth-order valence-corrected chi connectivity index (χ4v) is 3.81. The molecule has 0 unspecified atom stereocenters. The Morgan fingerprint density at radius 1 is 1.32 bits per heavy atom. The van der Waals surface area contributed by atoms with Crippen LogP contribution >= 0.6 is 11.3 Å². The second kappa shape index (κ2) is 7.04. The number of carbonyl (C=O) groups is 1. The van der Waals surface area contributed by atoms with E-state index in [1.165, 1.54) is 0 Å². The molecule has 122 valence electrons. The number of ether oxygens (including phenoxy) is 1. The van der Waals surface area contributed by atoms with Gasteiger partial charge < -0.3 is 15.4 Å². The molecule has 0 atom stereocenters. The van der Waals surface area contributed by atoms with Crippen molar-refractivity contribution in [3.8, 4) is 0 Å². The van der Waals surface area contributed by atoms with Crippen LogP contribution < -0.4 is 5.73 Å². The predicted octanol–water partition coefficient (Wildman–Crippen LogP) is 0.543. The largest absolute Gasteiger partial charge is 0.381 e. The zero-order valence-electron chi connectivity index (χ0n) is 12.9. The number of nitrogens with two attached hydrogens (primary N) is 1. The van der Waals surface area contributed by atoms with Crippen molar-refractivity contribution in [1.82, 2.24) is 14.8 Å². The minimum atomic E-state index is -0.394. The van der Waals surface area contributed by atoms with E-state index in [1.807, 2.05) is 10.4 Å². The fraction of sp³-hybridized carbons (Fsp3) is 0.733. The lowest BCUT2D eigenvalue weighted by atomic mass is 9.78. The highest BCUT2D eigenvalue weighted by Crippen LogP contribution is 2.32. The zero-order valence-corrected chi connectivity index (χ0v) is 13.7. The van der Waals surface area contributed by atoms with Crippen molar-refractivity contribution in [3.63, 3.8) is 0 Å². The summed E-state index contributed by atoms with van der Waals surface area (Å²) in [5.74, 6) is 0.228. The minimum Gasteiger partial charge on any atom is -0.381 e. The van der Waals surface area contributed by atoms with E-state index >= 15 is 0 Å². The molecule has 2 saturated heterocycles. The third-order valence-corrected chi connectivity index (χ3v) is 5.46. The second-order valence-corrected chi connectivity index (χ2v) is 6.86. The van der Waals surface area contributed by atoms with Crippen molar-refractivity contribution < 1.29 is 9.53 Å². The zero-order chi connectivity index (χ0) is 15.4. The molecule has 0 aromatic carbocycles. The van der Waals surface area contributed by atoms with Crippen LogP contribution in [0.1, 0.15) is 18.5 Å². The Kier molecular flexibility index (Phi) is 5.07. The van der Waals surface area contributed by atoms with Gasteiger partial charge in [-0.25, -0.2) is 4.98 Å². The number of hydrogen-bond donors (Lipinski definition) is 1. The van der Waals surface area contributed by atoms with Crippen LogP contribution in [0.5, 0.6) is 0 Å². The quantitative estimate of drug-likeness (QED) is 0.875. The summed E-state index contributed by atoms with van der Waals surface area (Å²) < 4.78 is 5.40. The lowest BCUT2D eigenvalue weighted by Gasteiger charge is -2.42. The van der Waals surface area contributed by atoms with Crippen LogP contribution in [0, 0.1) is 5.41 Å². The molecule has 3 heterocycles. The van der Waals surface area contributed by atoms with Gasteiger partial charge in [-0.3, -0.25) is 9.69 Å². The Hall–Kier alpha value is -1.02. The molecule has 2 aliphatic heterocycles. The van der Waals surface area contributed by atoms with Gasteiger partial charge in [0.1, 0.15) is 0 Å². The van der Waals surface area contributed by atoms with Gasteiger partial charge in [-0.2, -0.15) is 0 Å². The summed E-state index contributed by atoms with van der Waals surface area (Å²) in [7, 11) is 0. The van der Waals surface area contributed by atoms with Crippen molar-refractivity contribution in [2.75, 3.05) is 45.9 Å². The van der Waals surface area contributed by atoms with Crippen LogP contribution in [-0.2, 0) is 16.1 Å². The predicted molar refractivity (Wildman–Crippen MR) is 85.5 cm³/mol. The summed E-state index contributed by atoms with van der Waals surface area (Å²) in [5, 5.41) is 2.09. The standard InChI is InChI=1S/C15H24N4O2S/c16-11-15(1-7-21-8-2-15)14(20)19-5-3-18(4-6-19)9-13-10-22-12-17-13/h10,12H,1-9,11,16H2. The maximum absolute atomic E-state index is 12.9. The highest BCUT2D eigenvalue weighted by molar-refractivity contribution is 7.07. The molecule has 1 aromatic heterocycles. The molecule has 2 aliphatic rings. The van der Waals surface area contributed by atoms with Gasteiger partial charge in [0.25, 0.3) is 0 Å². The van der Waals surface area contributed by atoms with Crippen molar-refractivity contribution in [3.05, 3.63) is 16.6 Å². The number of aromatic nitrogens is 1. The first kappa shape index (κ1) is 15.9. The van der Waals surface area contributed by atoms with Crippen LogP contribution in [-0.4, -0.2) is 66.6 Å². The van der Waals surface area contributed by atoms with Crippen LogP contribution in [0.25, 0.3) is 0 Å². The molecule has 2 N–H and O–H groups in total. The molecule has 0 saturated carbocycles. The van der Waals surface area contributed by atoms with Gasteiger partial charge in [0.2, 0.25) is 5.91 Å². The Bertz CT molecular complexity index is 480. The van der Waals surface area contributed by atoms with Gasteiger partial charge in [-0.05, 0) is 12.8 Å². The van der Waals surface area contributed by atoms with Gasteiger partial charge in [0.05, 0.1) is 16.6 Å². The second-order valence-electron chi connectivity index (χ2n) is 6.14. The smallest absolute Gasteiger partial charge is 0.230 e. The summed E-state index contributed by atoms with van der Waals surface area (Å²) in [5.41, 5.74) is 8.53. The Morgan fingerprint density at radius 2 is 2.05 bits per heavy atom. The summed E-state index contributed by atoms with van der Waals surface area (Å²) in [6.07, 6.45) is 1.50. The molecule has 3 rings (SSSR count). The molecule has 1 aromatic rings. The van der Waals surface area contributed by atoms with E-state index in [0.29, 0.717) is 19.8 Å². The Labute approximate surface area is 135 Å². The monoisotopic (exact) mass is 324 g/mol. The Balaban J connectivity index is 1.55. The molecule has 0 aliphatic carbocycles. The summed E-state index contributed by atoms with van der Waals surface area (Å²) in [6.45, 7) is 5.97. The molecule has 2 fully saturated rings. The summed E-state index contributed by atoms with van der Waals surface area (Å²) in [6, 6.07) is 0. The van der Waals surface area contributed by atoms with E-state index in [9.17, 15) is 4.79 Å². The van der Waals surface area contributed by atoms with Gasteiger partial charge in [0.15, 0.2) is 0 Å². The number of piperazine rings is 1. The third-order valence-electron chi connectivity index (χ3n) is 4.82. The maximum Gasteiger partial charge on any atom is 0.230 e. The van der Waals surface area contributed by atoms with Crippen molar-refractivity contribution in [1.29, 1.82) is 0 Å². The topological polar surface area (TPSA) is 71.7 Å². The van der Waals surface area contributed by atoms with E-state index in [0.717, 1.165) is 51.3 Å². The molecule has 0 spiro atoms. The van der Waals surface area contributed by atoms with Gasteiger partial charge in [0, 0.05) is 57.9 Å². The van der Waals surface area contributed by atoms with E-state index in [4.69, 9.17) is 10.5 Å². The van der Waals surface area contributed by atoms with Crippen molar-refractivity contribution >= 4 is 17.2 Å². The molecule has 22 heavy (non-hydrogen) atoms. The van der Waals surface area contributed by atoms with E-state index < -0.39 is 5.41 Å². The summed E-state index contributed by atoms with van der Waals surface area (Å²) in [4.78, 5) is 21.6. The van der Waals surface area contributed by atoms with Crippen LogP contribution in [0.15, 0.2) is 10.9 Å². The van der Waals surface area contributed by atoms with E-state index in [-0.39, 0.29) is 5.91 Å². The third kappa shape index (κ3) is 3.32. The number of thiazole rings is 1. The minimum absolute atomic E-state index is 0.228. The number of carbonyl (C=O) groups excluding carboxylic acids is 1. The maximum atomic E-state index is 12.9. The first-order chi connectivity index (χ1) is 10.7. The lowest BCUT2D eigenvalue weighted by Crippen LogP contribution is -2.56. The fourth-order valence-electron chi connectivity index (χ4n) is 3.26. The van der Waals surface area contributed by atoms with Crippen LogP contribution in [0.2, 0.25) is 0 Å². The molecule has 1 amide bonds. The molecular weight excluding hydrogens is 300 g/mol. The molecule has 0 bridgehead atoms. The molecule has 0 radical (unpaired) electrons. The number of rotatable bonds is 4. The van der Waals surface area contributed by atoms with Gasteiger partial charge in [-0.15, -0.1) is 11.3 Å². The average Bonchev–Trinajstić information content (AvgIpc) is 3.08. The summed E-state index contributed by atoms with van der Waals surface area (Å²) >= 11 is 1.63. The molecular formula is C15H24N4O2S. The molecule has 6 nitrogen and oxygen atoms in total. The van der Waals surface area contributed by atoms with Gasteiger partial charge in [-0.1, -0.05) is 0 Å². The highest BCUT2D eigenvalue weighted by Gasteiger charge is 2.42. The van der Waals surface area contributed by atoms with Crippen molar-refractivity contribution in [2.24, 2.45) is 11.1 Å². The first-order valence-electron chi connectivity index (χ1n) is 7.90. The lowest BCUT2D eigenvalue weighted by molar-refractivity contribution is -0.149. The van der Waals surface area contributed by atoms with E-state index in [1.54, 1.807) is 11.3 Å². The van der Waals surface area contributed by atoms with Crippen LogP contribution in [0.3, 0.4) is 0 Å². The molecule has 7 heteroatoms. The Morgan fingerprint density at radius 3 is 2.64 bits per heavy atom. The van der Waals surface area contributed by atoms with Crippen molar-refractivity contribution in [2.45, 2.75) is 19.4 Å². The van der Waals surface area contributed by atoms with Gasteiger partial charge >= 0.3 is 0 Å². The number of hydrogen-bond acceptors (Lipinski definition) is 6. The highest BCUT2D eigenvalue weighted by atomic mass is 32.1. The number of amides is 1. The van der Waals surface area contributed by atoms with Crippen LogP contribution in [0.4, 0.5) is 0 Å².